The maximum absolute atomic E-state index is 10.7. The molecule has 0 amide bonds. The van der Waals surface area contributed by atoms with E-state index >= 15 is 0 Å². The molecule has 0 saturated carbocycles. The summed E-state index contributed by atoms with van der Waals surface area (Å²) in [6, 6.07) is -1.07. The Balaban J connectivity index is 4.73. The van der Waals surface area contributed by atoms with Gasteiger partial charge in [-0.3, -0.25) is 9.59 Å². The maximum atomic E-state index is 10.7. The molecule has 0 heterocycles. The van der Waals surface area contributed by atoms with Crippen molar-refractivity contribution in [2.45, 2.75) is 37.6 Å². The summed E-state index contributed by atoms with van der Waals surface area (Å²) in [4.78, 5) is 21.2. The summed E-state index contributed by atoms with van der Waals surface area (Å²) in [6.07, 6.45) is -0.164. The largest absolute Gasteiger partial charge is 0.481 e. The first-order valence-corrected chi connectivity index (χ1v) is 7.94. The molecule has 0 aliphatic rings. The SMILES string of the molecule is C[Si](C)(C)C(CC(=O)O)[C@H](N)C(=O)O. The van der Waals surface area contributed by atoms with Crippen LogP contribution >= 0.6 is 0 Å². The Hall–Kier alpha value is -0.883. The highest BCUT2D eigenvalue weighted by molar-refractivity contribution is 6.78. The van der Waals surface area contributed by atoms with Crippen LogP contribution in [0.3, 0.4) is 0 Å². The highest BCUT2D eigenvalue weighted by Crippen LogP contribution is 2.28. The van der Waals surface area contributed by atoms with E-state index in [4.69, 9.17) is 15.9 Å². The number of hydrogen-bond acceptors (Lipinski definition) is 3. The molecule has 0 aliphatic heterocycles. The van der Waals surface area contributed by atoms with E-state index in [1.54, 1.807) is 0 Å². The normalized spacial score (nSPS) is 16.0. The van der Waals surface area contributed by atoms with Gasteiger partial charge in [0, 0.05) is 6.42 Å². The Morgan fingerprint density at radius 3 is 1.93 bits per heavy atom. The molecule has 5 nitrogen and oxygen atoms in total. The molecule has 0 aromatic rings. The third kappa shape index (κ3) is 3.88. The lowest BCUT2D eigenvalue weighted by molar-refractivity contribution is -0.139. The third-order valence-corrected chi connectivity index (χ3v) is 5.01. The number of carboxylic acid groups (broad SMARTS) is 2. The van der Waals surface area contributed by atoms with Gasteiger partial charge in [0.05, 0.1) is 8.07 Å². The summed E-state index contributed by atoms with van der Waals surface area (Å²) in [6.45, 7) is 5.76. The molecule has 6 heteroatoms. The van der Waals surface area contributed by atoms with Crippen molar-refractivity contribution >= 4 is 20.0 Å². The summed E-state index contributed by atoms with van der Waals surface area (Å²) in [5.41, 5.74) is 5.03. The lowest BCUT2D eigenvalue weighted by Gasteiger charge is -2.30. The Morgan fingerprint density at radius 1 is 1.29 bits per heavy atom. The minimum atomic E-state index is -1.86. The first kappa shape index (κ1) is 13.1. The Labute approximate surface area is 83.9 Å². The van der Waals surface area contributed by atoms with Crippen LogP contribution in [-0.4, -0.2) is 36.3 Å². The first-order valence-electron chi connectivity index (χ1n) is 4.36. The van der Waals surface area contributed by atoms with Crippen LogP contribution in [0.15, 0.2) is 0 Å². The molecule has 0 saturated heterocycles. The lowest BCUT2D eigenvalue weighted by Crippen LogP contribution is -2.46. The molecule has 0 bridgehead atoms. The van der Waals surface area contributed by atoms with Gasteiger partial charge in [0.2, 0.25) is 0 Å². The van der Waals surface area contributed by atoms with Crippen molar-refractivity contribution in [1.29, 1.82) is 0 Å². The maximum Gasteiger partial charge on any atom is 0.320 e. The molecule has 0 aliphatic carbocycles. The van der Waals surface area contributed by atoms with Crippen LogP contribution in [0, 0.1) is 0 Å². The number of carbonyl (C=O) groups is 2. The lowest BCUT2D eigenvalue weighted by atomic mass is 10.1. The second kappa shape index (κ2) is 4.56. The van der Waals surface area contributed by atoms with E-state index in [-0.39, 0.29) is 6.42 Å². The van der Waals surface area contributed by atoms with Gasteiger partial charge in [-0.15, -0.1) is 0 Å². The van der Waals surface area contributed by atoms with Crippen molar-refractivity contribution in [1.82, 2.24) is 0 Å². The monoisotopic (exact) mass is 219 g/mol. The standard InChI is InChI=1S/C8H17NO4Si/c1-14(2,3)5(4-6(10)11)7(9)8(12)13/h5,7H,4,9H2,1-3H3,(H,10,11)(H,12,13)/t5?,7-/m0/s1. The molecule has 0 fully saturated rings. The van der Waals surface area contributed by atoms with Gasteiger partial charge in [-0.05, 0) is 5.54 Å². The third-order valence-electron chi connectivity index (χ3n) is 2.23. The van der Waals surface area contributed by atoms with Crippen LogP contribution < -0.4 is 5.73 Å². The topological polar surface area (TPSA) is 101 Å². The number of aliphatic carboxylic acids is 2. The van der Waals surface area contributed by atoms with Gasteiger partial charge in [-0.25, -0.2) is 0 Å². The zero-order valence-electron chi connectivity index (χ0n) is 8.65. The molecule has 0 spiro atoms. The van der Waals surface area contributed by atoms with Crippen molar-refractivity contribution in [3.05, 3.63) is 0 Å². The highest BCUT2D eigenvalue weighted by Gasteiger charge is 2.36. The summed E-state index contributed by atoms with van der Waals surface area (Å²) >= 11 is 0. The molecular weight excluding hydrogens is 202 g/mol. The average Bonchev–Trinajstić information content (AvgIpc) is 1.96. The molecule has 0 rings (SSSR count). The Morgan fingerprint density at radius 2 is 1.71 bits per heavy atom. The van der Waals surface area contributed by atoms with Crippen molar-refractivity contribution < 1.29 is 19.8 Å². The van der Waals surface area contributed by atoms with Gasteiger partial charge >= 0.3 is 11.9 Å². The number of carboxylic acids is 2. The molecule has 2 atom stereocenters. The zero-order chi connectivity index (χ0) is 11.5. The van der Waals surface area contributed by atoms with Gasteiger partial charge in [0.15, 0.2) is 0 Å². The smallest absolute Gasteiger partial charge is 0.320 e. The molecule has 4 N–H and O–H groups in total. The van der Waals surface area contributed by atoms with Crippen molar-refractivity contribution in [3.8, 4) is 0 Å². The molecular formula is C8H17NO4Si. The second-order valence-corrected chi connectivity index (χ2v) is 9.91. The van der Waals surface area contributed by atoms with Gasteiger partial charge in [-0.2, -0.15) is 0 Å². The van der Waals surface area contributed by atoms with Gasteiger partial charge < -0.3 is 15.9 Å². The molecule has 82 valence electrons. The summed E-state index contributed by atoms with van der Waals surface area (Å²) in [5.74, 6) is -2.12. The van der Waals surface area contributed by atoms with Crippen molar-refractivity contribution in [2.24, 2.45) is 5.73 Å². The average molecular weight is 219 g/mol. The minimum absolute atomic E-state index is 0.164. The zero-order valence-corrected chi connectivity index (χ0v) is 9.65. The van der Waals surface area contributed by atoms with E-state index in [9.17, 15) is 9.59 Å². The van der Waals surface area contributed by atoms with E-state index < -0.39 is 31.6 Å². The summed E-state index contributed by atoms with van der Waals surface area (Å²) in [5, 5.41) is 17.4. The van der Waals surface area contributed by atoms with Gasteiger partial charge in [0.1, 0.15) is 6.04 Å². The number of hydrogen-bond donors (Lipinski definition) is 3. The van der Waals surface area contributed by atoms with Crippen LogP contribution in [0.4, 0.5) is 0 Å². The van der Waals surface area contributed by atoms with Gasteiger partial charge in [-0.1, -0.05) is 19.6 Å². The summed E-state index contributed by atoms with van der Waals surface area (Å²) < 4.78 is 0. The van der Waals surface area contributed by atoms with Gasteiger partial charge in [0.25, 0.3) is 0 Å². The van der Waals surface area contributed by atoms with E-state index in [0.29, 0.717) is 0 Å². The first-order chi connectivity index (χ1) is 6.16. The molecule has 1 unspecified atom stereocenters. The quantitative estimate of drug-likeness (QED) is 0.587. The van der Waals surface area contributed by atoms with Crippen LogP contribution in [-0.2, 0) is 9.59 Å². The van der Waals surface area contributed by atoms with Crippen LogP contribution in [0.2, 0.25) is 25.2 Å². The molecule has 0 aromatic heterocycles. The van der Waals surface area contributed by atoms with E-state index in [1.807, 2.05) is 19.6 Å². The van der Waals surface area contributed by atoms with E-state index in [1.165, 1.54) is 0 Å². The number of rotatable bonds is 5. The fourth-order valence-corrected chi connectivity index (χ4v) is 3.34. The predicted molar refractivity (Wildman–Crippen MR) is 55.0 cm³/mol. The second-order valence-electron chi connectivity index (χ2n) is 4.43. The fourth-order valence-electron chi connectivity index (χ4n) is 1.33. The predicted octanol–water partition coefficient (Wildman–Crippen LogP) is 0.581. The Kier molecular flexibility index (Phi) is 4.27. The number of nitrogens with two attached hydrogens (primary N) is 1. The Bertz CT molecular complexity index is 236. The van der Waals surface area contributed by atoms with E-state index in [0.717, 1.165) is 0 Å². The van der Waals surface area contributed by atoms with E-state index in [2.05, 4.69) is 0 Å². The van der Waals surface area contributed by atoms with Crippen LogP contribution in [0.5, 0.6) is 0 Å². The molecule has 14 heavy (non-hydrogen) atoms. The van der Waals surface area contributed by atoms with Crippen molar-refractivity contribution in [2.75, 3.05) is 0 Å². The minimum Gasteiger partial charge on any atom is -0.481 e. The fraction of sp³-hybridized carbons (Fsp3) is 0.750. The van der Waals surface area contributed by atoms with Crippen LogP contribution in [0.1, 0.15) is 6.42 Å². The molecule has 0 radical (unpaired) electrons. The molecule has 0 aromatic carbocycles. The highest BCUT2D eigenvalue weighted by atomic mass is 28.3. The van der Waals surface area contributed by atoms with Crippen molar-refractivity contribution in [3.63, 3.8) is 0 Å². The summed E-state index contributed by atoms with van der Waals surface area (Å²) in [7, 11) is -1.86. The van der Waals surface area contributed by atoms with Crippen LogP contribution in [0.25, 0.3) is 0 Å².